The zero-order chi connectivity index (χ0) is 22.2. The zero-order valence-electron chi connectivity index (χ0n) is 18.5. The number of nitro benzene ring substituents is 1. The minimum absolute atomic E-state index is 0.0939. The highest BCUT2D eigenvalue weighted by Gasteiger charge is 2.50. The molecule has 2 fully saturated rings. The van der Waals surface area contributed by atoms with Gasteiger partial charge in [-0.3, -0.25) is 19.7 Å². The van der Waals surface area contributed by atoms with Gasteiger partial charge in [-0.05, 0) is 56.8 Å². The van der Waals surface area contributed by atoms with Crippen molar-refractivity contribution in [1.82, 2.24) is 4.90 Å². The van der Waals surface area contributed by atoms with Gasteiger partial charge in [-0.15, -0.1) is 0 Å². The van der Waals surface area contributed by atoms with E-state index in [1.165, 1.54) is 11.0 Å². The third-order valence-electron chi connectivity index (χ3n) is 6.13. The maximum atomic E-state index is 12.9. The Hall–Kier alpha value is -2.48. The van der Waals surface area contributed by atoms with Crippen molar-refractivity contribution >= 4 is 28.9 Å². The lowest BCUT2D eigenvalue weighted by Crippen LogP contribution is -2.34. The van der Waals surface area contributed by atoms with Crippen LogP contribution >= 0.6 is 0 Å². The number of carbonyl (C=O) groups excluding carboxylic acids is 2. The summed E-state index contributed by atoms with van der Waals surface area (Å²) in [5.41, 5.74) is 0.457. The summed E-state index contributed by atoms with van der Waals surface area (Å²) >= 11 is 0. The lowest BCUT2D eigenvalue weighted by atomic mass is 9.76. The third-order valence-corrected chi connectivity index (χ3v) is 6.13. The van der Waals surface area contributed by atoms with E-state index >= 15 is 0 Å². The summed E-state index contributed by atoms with van der Waals surface area (Å²) < 4.78 is 0. The van der Waals surface area contributed by atoms with Crippen LogP contribution < -0.4 is 10.2 Å². The largest absolute Gasteiger partial charge is 0.379 e. The van der Waals surface area contributed by atoms with E-state index in [9.17, 15) is 19.7 Å². The number of fused-ring (bicyclic) bond motifs is 1. The van der Waals surface area contributed by atoms with E-state index in [4.69, 9.17) is 0 Å². The molecule has 2 amide bonds. The fourth-order valence-electron chi connectivity index (χ4n) is 4.85. The molecule has 164 valence electrons. The van der Waals surface area contributed by atoms with Gasteiger partial charge in [0.1, 0.15) is 5.69 Å². The Kier molecular flexibility index (Phi) is 6.17. The maximum absolute atomic E-state index is 12.9. The van der Waals surface area contributed by atoms with E-state index in [2.05, 4.69) is 31.0 Å². The van der Waals surface area contributed by atoms with E-state index in [0.717, 1.165) is 13.0 Å². The predicted octanol–water partition coefficient (Wildman–Crippen LogP) is 3.52. The SMILES string of the molecule is C[C@@H]1CC[C@H]2C(=O)N(c3ccc(NCC(C)(C)CN(C)C)c([N+](=O)[O-])c3)C(=O)[C@@H]2C1. The second-order valence-electron chi connectivity index (χ2n) is 9.86. The molecule has 8 nitrogen and oxygen atoms in total. The van der Waals surface area contributed by atoms with Gasteiger partial charge in [-0.2, -0.15) is 0 Å². The first kappa shape index (κ1) is 22.2. The number of nitrogens with zero attached hydrogens (tertiary/aromatic N) is 3. The molecule has 1 saturated heterocycles. The van der Waals surface area contributed by atoms with E-state index in [1.54, 1.807) is 12.1 Å². The lowest BCUT2D eigenvalue weighted by Gasteiger charge is -2.28. The van der Waals surface area contributed by atoms with Gasteiger partial charge in [0, 0.05) is 19.2 Å². The maximum Gasteiger partial charge on any atom is 0.294 e. The molecule has 2 aliphatic rings. The molecular weight excluding hydrogens is 384 g/mol. The molecule has 1 aliphatic carbocycles. The van der Waals surface area contributed by atoms with Crippen LogP contribution in [0.15, 0.2) is 18.2 Å². The minimum atomic E-state index is -0.467. The fourth-order valence-corrected chi connectivity index (χ4v) is 4.85. The normalized spacial score (nSPS) is 24.3. The molecule has 3 rings (SSSR count). The van der Waals surface area contributed by atoms with Crippen molar-refractivity contribution in [3.63, 3.8) is 0 Å². The van der Waals surface area contributed by atoms with E-state index in [0.29, 0.717) is 31.0 Å². The van der Waals surface area contributed by atoms with E-state index in [1.807, 2.05) is 14.1 Å². The number of hydrogen-bond acceptors (Lipinski definition) is 6. The average molecular weight is 417 g/mol. The van der Waals surface area contributed by atoms with Crippen molar-refractivity contribution in [2.75, 3.05) is 37.4 Å². The zero-order valence-corrected chi connectivity index (χ0v) is 18.5. The Morgan fingerprint density at radius 3 is 2.50 bits per heavy atom. The first-order chi connectivity index (χ1) is 14.0. The van der Waals surface area contributed by atoms with Crippen molar-refractivity contribution in [2.45, 2.75) is 40.0 Å². The van der Waals surface area contributed by atoms with E-state index in [-0.39, 0.29) is 40.4 Å². The number of anilines is 2. The molecule has 1 aliphatic heterocycles. The van der Waals surface area contributed by atoms with E-state index < -0.39 is 4.92 Å². The number of nitro groups is 1. The van der Waals surface area contributed by atoms with Gasteiger partial charge in [-0.1, -0.05) is 20.8 Å². The molecule has 0 spiro atoms. The highest BCUT2D eigenvalue weighted by Crippen LogP contribution is 2.43. The van der Waals surface area contributed by atoms with Gasteiger partial charge in [0.25, 0.3) is 5.69 Å². The third kappa shape index (κ3) is 4.48. The molecule has 1 N–H and O–H groups in total. The van der Waals surface area contributed by atoms with Gasteiger partial charge >= 0.3 is 0 Å². The molecule has 1 aromatic rings. The van der Waals surface area contributed by atoms with Crippen molar-refractivity contribution in [1.29, 1.82) is 0 Å². The summed E-state index contributed by atoms with van der Waals surface area (Å²) in [6.07, 6.45) is 2.34. The van der Waals surface area contributed by atoms with Crippen LogP contribution in [0, 0.1) is 33.3 Å². The molecule has 1 aromatic carbocycles. The van der Waals surface area contributed by atoms with Crippen molar-refractivity contribution in [3.05, 3.63) is 28.3 Å². The van der Waals surface area contributed by atoms with Crippen LogP contribution in [0.1, 0.15) is 40.0 Å². The molecule has 1 saturated carbocycles. The average Bonchev–Trinajstić information content (AvgIpc) is 2.89. The van der Waals surface area contributed by atoms with Crippen LogP contribution in [0.3, 0.4) is 0 Å². The molecule has 0 unspecified atom stereocenters. The van der Waals surface area contributed by atoms with Crippen molar-refractivity contribution in [2.24, 2.45) is 23.2 Å². The Morgan fingerprint density at radius 1 is 1.20 bits per heavy atom. The van der Waals surface area contributed by atoms with Crippen LogP contribution in [-0.4, -0.2) is 48.8 Å². The second-order valence-corrected chi connectivity index (χ2v) is 9.86. The molecule has 1 heterocycles. The molecule has 30 heavy (non-hydrogen) atoms. The Morgan fingerprint density at radius 2 is 1.87 bits per heavy atom. The van der Waals surface area contributed by atoms with Crippen LogP contribution in [0.2, 0.25) is 0 Å². The number of carbonyl (C=O) groups is 2. The monoisotopic (exact) mass is 416 g/mol. The Balaban J connectivity index is 1.84. The fraction of sp³-hybridized carbons (Fsp3) is 0.636. The second kappa shape index (κ2) is 8.34. The first-order valence-electron chi connectivity index (χ1n) is 10.5. The van der Waals surface area contributed by atoms with Gasteiger partial charge in [0.05, 0.1) is 22.4 Å². The summed E-state index contributed by atoms with van der Waals surface area (Å²) in [5, 5.41) is 14.9. The molecule has 0 radical (unpaired) electrons. The first-order valence-corrected chi connectivity index (χ1v) is 10.5. The predicted molar refractivity (Wildman–Crippen MR) is 116 cm³/mol. The smallest absolute Gasteiger partial charge is 0.294 e. The highest BCUT2D eigenvalue weighted by molar-refractivity contribution is 6.22. The topological polar surface area (TPSA) is 95.8 Å². The van der Waals surface area contributed by atoms with Crippen LogP contribution in [0.5, 0.6) is 0 Å². The molecule has 0 aromatic heterocycles. The van der Waals surface area contributed by atoms with Gasteiger partial charge in [0.2, 0.25) is 11.8 Å². The van der Waals surface area contributed by atoms with Crippen LogP contribution in [-0.2, 0) is 9.59 Å². The number of imide groups is 1. The summed E-state index contributed by atoms with van der Waals surface area (Å²) in [7, 11) is 3.98. The lowest BCUT2D eigenvalue weighted by molar-refractivity contribution is -0.383. The molecular formula is C22H32N4O4. The molecule has 0 bridgehead atoms. The van der Waals surface area contributed by atoms with Gasteiger partial charge in [-0.25, -0.2) is 4.90 Å². The number of benzene rings is 1. The van der Waals surface area contributed by atoms with Gasteiger partial charge in [0.15, 0.2) is 0 Å². The molecule has 3 atom stereocenters. The Bertz CT molecular complexity index is 852. The summed E-state index contributed by atoms with van der Waals surface area (Å²) in [6.45, 7) is 7.65. The van der Waals surface area contributed by atoms with Gasteiger partial charge < -0.3 is 10.2 Å². The summed E-state index contributed by atoms with van der Waals surface area (Å²) in [5.74, 6) is -0.630. The van der Waals surface area contributed by atoms with Crippen LogP contribution in [0.25, 0.3) is 0 Å². The summed E-state index contributed by atoms with van der Waals surface area (Å²) in [6, 6.07) is 4.58. The summed E-state index contributed by atoms with van der Waals surface area (Å²) in [4.78, 5) is 40.3. The number of amides is 2. The van der Waals surface area contributed by atoms with Crippen LogP contribution in [0.4, 0.5) is 17.1 Å². The quantitative estimate of drug-likeness (QED) is 0.415. The number of nitrogens with one attached hydrogen (secondary N) is 1. The number of hydrogen-bond donors (Lipinski definition) is 1. The highest BCUT2D eigenvalue weighted by atomic mass is 16.6. The van der Waals surface area contributed by atoms with Crippen molar-refractivity contribution < 1.29 is 14.5 Å². The molecule has 8 heteroatoms. The Labute approximate surface area is 177 Å². The standard InChI is InChI=1S/C22H32N4O4/c1-14-6-8-16-17(10-14)21(28)25(20(16)27)15-7-9-18(19(11-15)26(29)30)23-12-22(2,3)13-24(4)5/h7,9,11,14,16-17,23H,6,8,10,12-13H2,1-5H3/t14-,16-,17-/m1/s1. The minimum Gasteiger partial charge on any atom is -0.379 e. The van der Waals surface area contributed by atoms with Crippen molar-refractivity contribution in [3.8, 4) is 0 Å². The number of rotatable bonds is 7.